The maximum atomic E-state index is 13.7. The second-order valence-corrected chi connectivity index (χ2v) is 10.8. The number of carbonyl (C=O) groups is 2. The fourth-order valence-electron chi connectivity index (χ4n) is 3.86. The van der Waals surface area contributed by atoms with Crippen LogP contribution in [-0.2, 0) is 26.2 Å². The lowest BCUT2D eigenvalue weighted by atomic mass is 10.1. The number of amides is 2. The van der Waals surface area contributed by atoms with Crippen LogP contribution < -0.4 is 19.1 Å². The normalized spacial score (nSPS) is 13.6. The van der Waals surface area contributed by atoms with E-state index in [1.165, 1.54) is 11.8 Å². The van der Waals surface area contributed by atoms with Crippen LogP contribution in [0.4, 0.5) is 5.69 Å². The Morgan fingerprint density at radius 2 is 1.75 bits per heavy atom. The van der Waals surface area contributed by atoms with Crippen LogP contribution in [0.1, 0.15) is 38.3 Å². The molecule has 0 aliphatic carbocycles. The molecule has 0 radical (unpaired) electrons. The summed E-state index contributed by atoms with van der Waals surface area (Å²) >= 11 is 0. The van der Waals surface area contributed by atoms with Gasteiger partial charge in [-0.3, -0.25) is 13.9 Å². The molecule has 1 aliphatic rings. The van der Waals surface area contributed by atoms with Gasteiger partial charge in [-0.15, -0.1) is 0 Å². The maximum Gasteiger partial charge on any atom is 0.244 e. The Kier molecular flexibility index (Phi) is 9.19. The molecule has 0 spiro atoms. The Morgan fingerprint density at radius 3 is 2.42 bits per heavy atom. The monoisotopic (exact) mass is 517 g/mol. The number of fused-ring (bicyclic) bond motifs is 1. The van der Waals surface area contributed by atoms with Crippen LogP contribution >= 0.6 is 0 Å². The number of benzene rings is 2. The number of hydrogen-bond donors (Lipinski definition) is 1. The lowest BCUT2D eigenvalue weighted by Crippen LogP contribution is -2.51. The Hall–Kier alpha value is -3.27. The van der Waals surface area contributed by atoms with Gasteiger partial charge in [0, 0.05) is 19.2 Å². The van der Waals surface area contributed by atoms with Crippen LogP contribution in [0.3, 0.4) is 0 Å². The summed E-state index contributed by atoms with van der Waals surface area (Å²) in [6.45, 7) is 8.03. The molecule has 0 bridgehead atoms. The highest BCUT2D eigenvalue weighted by molar-refractivity contribution is 7.92. The van der Waals surface area contributed by atoms with Gasteiger partial charge in [-0.25, -0.2) is 8.42 Å². The molecule has 9 nitrogen and oxygen atoms in total. The van der Waals surface area contributed by atoms with Gasteiger partial charge in [-0.2, -0.15) is 0 Å². The molecule has 36 heavy (non-hydrogen) atoms. The van der Waals surface area contributed by atoms with E-state index in [1.807, 2.05) is 38.1 Å². The average Bonchev–Trinajstić information content (AvgIpc) is 2.88. The Morgan fingerprint density at radius 1 is 1.06 bits per heavy atom. The maximum absolute atomic E-state index is 13.7. The van der Waals surface area contributed by atoms with Crippen LogP contribution in [0.15, 0.2) is 42.5 Å². The SMILES string of the molecule is CCCNC(=O)[C@H](C)N(Cc1ccccc1C)C(=O)CN(c1ccc2c(c1)OCCO2)S(=O)(=O)CC. The second-order valence-electron chi connectivity index (χ2n) is 8.65. The van der Waals surface area contributed by atoms with E-state index >= 15 is 0 Å². The molecule has 1 atom stereocenters. The van der Waals surface area contributed by atoms with Crippen molar-refractivity contribution in [3.05, 3.63) is 53.6 Å². The van der Waals surface area contributed by atoms with Crippen molar-refractivity contribution in [2.45, 2.75) is 46.7 Å². The number of nitrogens with zero attached hydrogens (tertiary/aromatic N) is 2. The highest BCUT2D eigenvalue weighted by Crippen LogP contribution is 2.35. The van der Waals surface area contributed by atoms with Gasteiger partial charge in [0.2, 0.25) is 21.8 Å². The summed E-state index contributed by atoms with van der Waals surface area (Å²) in [6, 6.07) is 11.6. The standard InChI is InChI=1S/C26H35N3O6S/c1-5-13-27-26(31)20(4)28(17-21-10-8-7-9-19(21)3)25(30)18-29(36(32,33)6-2)22-11-12-23-24(16-22)35-15-14-34-23/h7-12,16,20H,5-6,13-15,17-18H2,1-4H3,(H,27,31)/t20-/m0/s1. The highest BCUT2D eigenvalue weighted by atomic mass is 32.2. The van der Waals surface area contributed by atoms with Crippen LogP contribution in [0, 0.1) is 6.92 Å². The van der Waals surface area contributed by atoms with Gasteiger partial charge < -0.3 is 19.7 Å². The Labute approximate surface area is 213 Å². The summed E-state index contributed by atoms with van der Waals surface area (Å²) in [6.07, 6.45) is 0.761. The van der Waals surface area contributed by atoms with Crippen LogP contribution in [0.25, 0.3) is 0 Å². The van der Waals surface area contributed by atoms with Crippen LogP contribution in [0.2, 0.25) is 0 Å². The van der Waals surface area contributed by atoms with Crippen LogP contribution in [0.5, 0.6) is 11.5 Å². The molecule has 196 valence electrons. The molecule has 2 aromatic rings. The summed E-state index contributed by atoms with van der Waals surface area (Å²) in [4.78, 5) is 28.0. The highest BCUT2D eigenvalue weighted by Gasteiger charge is 2.31. The molecule has 0 fully saturated rings. The molecule has 2 aromatic carbocycles. The van der Waals surface area contributed by atoms with Gasteiger partial charge >= 0.3 is 0 Å². The van der Waals surface area contributed by atoms with Gasteiger partial charge in [-0.05, 0) is 50.5 Å². The molecular formula is C26H35N3O6S. The number of rotatable bonds is 11. The molecule has 2 amide bonds. The van der Waals surface area contributed by atoms with Gasteiger partial charge in [0.15, 0.2) is 11.5 Å². The Balaban J connectivity index is 1.94. The van der Waals surface area contributed by atoms with E-state index in [4.69, 9.17) is 9.47 Å². The fraction of sp³-hybridized carbons (Fsp3) is 0.462. The third-order valence-electron chi connectivity index (χ3n) is 6.11. The van der Waals surface area contributed by atoms with E-state index in [0.29, 0.717) is 36.9 Å². The van der Waals surface area contributed by atoms with E-state index in [0.717, 1.165) is 21.9 Å². The predicted octanol–water partition coefficient (Wildman–Crippen LogP) is 2.87. The van der Waals surface area contributed by atoms with Crippen molar-refractivity contribution in [1.29, 1.82) is 0 Å². The fourth-order valence-corrected chi connectivity index (χ4v) is 4.91. The zero-order valence-electron chi connectivity index (χ0n) is 21.3. The number of nitrogens with one attached hydrogen (secondary N) is 1. The second kappa shape index (κ2) is 12.1. The number of anilines is 1. The first-order chi connectivity index (χ1) is 17.2. The lowest BCUT2D eigenvalue weighted by Gasteiger charge is -2.32. The molecule has 0 unspecified atom stereocenters. The third-order valence-corrected chi connectivity index (χ3v) is 7.85. The molecule has 1 N–H and O–H groups in total. The molecule has 0 saturated heterocycles. The average molecular weight is 518 g/mol. The summed E-state index contributed by atoms with van der Waals surface area (Å²) in [5, 5.41) is 2.83. The lowest BCUT2D eigenvalue weighted by molar-refractivity contribution is -0.139. The first kappa shape index (κ1) is 27.3. The van der Waals surface area contributed by atoms with Crippen molar-refractivity contribution in [2.75, 3.05) is 36.4 Å². The number of sulfonamides is 1. The first-order valence-corrected chi connectivity index (χ1v) is 13.8. The minimum Gasteiger partial charge on any atom is -0.486 e. The molecular weight excluding hydrogens is 482 g/mol. The summed E-state index contributed by atoms with van der Waals surface area (Å²) in [7, 11) is -3.82. The summed E-state index contributed by atoms with van der Waals surface area (Å²) in [5.74, 6) is -0.0227. The molecule has 1 heterocycles. The van der Waals surface area contributed by atoms with E-state index in [-0.39, 0.29) is 18.2 Å². The molecule has 3 rings (SSSR count). The molecule has 0 saturated carbocycles. The van der Waals surface area contributed by atoms with Gasteiger partial charge in [0.1, 0.15) is 25.8 Å². The smallest absolute Gasteiger partial charge is 0.244 e. The molecule has 10 heteroatoms. The van der Waals surface area contributed by atoms with Gasteiger partial charge in [-0.1, -0.05) is 31.2 Å². The number of ether oxygens (including phenoxy) is 2. The van der Waals surface area contributed by atoms with Crippen LogP contribution in [-0.4, -0.2) is 63.2 Å². The zero-order valence-corrected chi connectivity index (χ0v) is 22.1. The van der Waals surface area contributed by atoms with Crippen molar-refractivity contribution in [3.8, 4) is 11.5 Å². The quantitative estimate of drug-likeness (QED) is 0.492. The number of carbonyl (C=O) groups excluding carboxylic acids is 2. The predicted molar refractivity (Wildman–Crippen MR) is 139 cm³/mol. The largest absolute Gasteiger partial charge is 0.486 e. The molecule has 0 aromatic heterocycles. The van der Waals surface area contributed by atoms with Crippen molar-refractivity contribution in [2.24, 2.45) is 0 Å². The number of aryl methyl sites for hydroxylation is 1. The third kappa shape index (κ3) is 6.48. The zero-order chi connectivity index (χ0) is 26.3. The summed E-state index contributed by atoms with van der Waals surface area (Å²) in [5.41, 5.74) is 2.15. The van der Waals surface area contributed by atoms with Gasteiger partial charge in [0.25, 0.3) is 0 Å². The molecule has 1 aliphatic heterocycles. The minimum absolute atomic E-state index is 0.174. The van der Waals surface area contributed by atoms with E-state index in [9.17, 15) is 18.0 Å². The Bertz CT molecular complexity index is 1180. The van der Waals surface area contributed by atoms with Crippen molar-refractivity contribution < 1.29 is 27.5 Å². The van der Waals surface area contributed by atoms with Gasteiger partial charge in [0.05, 0.1) is 11.4 Å². The summed E-state index contributed by atoms with van der Waals surface area (Å²) < 4.78 is 38.4. The van der Waals surface area contributed by atoms with E-state index in [1.54, 1.807) is 25.1 Å². The van der Waals surface area contributed by atoms with Crippen molar-refractivity contribution in [3.63, 3.8) is 0 Å². The topological polar surface area (TPSA) is 105 Å². The van der Waals surface area contributed by atoms with E-state index < -0.39 is 28.5 Å². The van der Waals surface area contributed by atoms with Crippen molar-refractivity contribution in [1.82, 2.24) is 10.2 Å². The first-order valence-electron chi connectivity index (χ1n) is 12.2. The van der Waals surface area contributed by atoms with E-state index in [2.05, 4.69) is 5.32 Å². The number of hydrogen-bond acceptors (Lipinski definition) is 6. The van der Waals surface area contributed by atoms with Crippen molar-refractivity contribution >= 4 is 27.5 Å². The minimum atomic E-state index is -3.82.